The predicted molar refractivity (Wildman–Crippen MR) is 79.7 cm³/mol. The van der Waals surface area contributed by atoms with Gasteiger partial charge in [-0.3, -0.25) is 10.1 Å². The van der Waals surface area contributed by atoms with E-state index in [9.17, 15) is 14.4 Å². The molecule has 0 aliphatic heterocycles. The van der Waals surface area contributed by atoms with Gasteiger partial charge < -0.3 is 14.8 Å². The normalized spacial score (nSPS) is 10.5. The number of hydrogen-bond donors (Lipinski definition) is 2. The van der Waals surface area contributed by atoms with Crippen molar-refractivity contribution in [3.05, 3.63) is 29.3 Å². The largest absolute Gasteiger partial charge is 0.476 e. The van der Waals surface area contributed by atoms with Crippen LogP contribution >= 0.6 is 11.6 Å². The highest BCUT2D eigenvalue weighted by Crippen LogP contribution is 2.21. The molecule has 1 rings (SSSR count). The van der Waals surface area contributed by atoms with Crippen LogP contribution < -0.4 is 15.4 Å². The molecule has 8 heteroatoms. The lowest BCUT2D eigenvalue weighted by Gasteiger charge is -2.24. The summed E-state index contributed by atoms with van der Waals surface area (Å²) in [5.41, 5.74) is -1.30. The van der Waals surface area contributed by atoms with Crippen molar-refractivity contribution in [2.45, 2.75) is 19.4 Å². The molecule has 0 aliphatic rings. The molecule has 0 atom stereocenters. The zero-order chi connectivity index (χ0) is 16.8. The fourth-order valence-electron chi connectivity index (χ4n) is 1.37. The van der Waals surface area contributed by atoms with E-state index in [2.05, 4.69) is 5.32 Å². The summed E-state index contributed by atoms with van der Waals surface area (Å²) in [7, 11) is 1.36. The van der Waals surface area contributed by atoms with E-state index >= 15 is 0 Å². The Kier molecular flexibility index (Phi) is 6.18. The number of esters is 1. The number of rotatable bonds is 5. The zero-order valence-electron chi connectivity index (χ0n) is 12.4. The third-order valence-electron chi connectivity index (χ3n) is 2.49. The number of amides is 3. The van der Waals surface area contributed by atoms with Crippen LogP contribution in [0.2, 0.25) is 5.02 Å². The van der Waals surface area contributed by atoms with Crippen LogP contribution in [0.3, 0.4) is 0 Å². The Labute approximate surface area is 132 Å². The Morgan fingerprint density at radius 2 is 1.77 bits per heavy atom. The minimum Gasteiger partial charge on any atom is -0.476 e. The molecule has 0 aliphatic carbocycles. The Morgan fingerprint density at radius 3 is 2.32 bits per heavy atom. The third-order valence-corrected chi connectivity index (χ3v) is 2.74. The maximum absolute atomic E-state index is 11.9. The fourth-order valence-corrected chi connectivity index (χ4v) is 1.50. The van der Waals surface area contributed by atoms with Gasteiger partial charge in [0.15, 0.2) is 12.2 Å². The van der Waals surface area contributed by atoms with E-state index < -0.39 is 30.1 Å². The SMILES string of the molecule is CNC(=O)NC(=O)COC(=O)C(C)(C)Oc1ccc(Cl)cc1. The van der Waals surface area contributed by atoms with Gasteiger partial charge in [-0.2, -0.15) is 0 Å². The molecule has 120 valence electrons. The van der Waals surface area contributed by atoms with E-state index in [1.54, 1.807) is 24.3 Å². The molecular weight excluding hydrogens is 312 g/mol. The molecule has 3 amide bonds. The first kappa shape index (κ1) is 17.8. The Bertz CT molecular complexity index is 557. The molecule has 0 radical (unpaired) electrons. The average molecular weight is 329 g/mol. The molecule has 22 heavy (non-hydrogen) atoms. The molecule has 7 nitrogen and oxygen atoms in total. The summed E-state index contributed by atoms with van der Waals surface area (Å²) in [6, 6.07) is 5.77. The Hall–Kier alpha value is -2.28. The van der Waals surface area contributed by atoms with Gasteiger partial charge in [-0.25, -0.2) is 9.59 Å². The smallest absolute Gasteiger partial charge is 0.350 e. The van der Waals surface area contributed by atoms with E-state index in [-0.39, 0.29) is 0 Å². The van der Waals surface area contributed by atoms with Crippen LogP contribution in [0.4, 0.5) is 4.79 Å². The van der Waals surface area contributed by atoms with Gasteiger partial charge in [0, 0.05) is 12.1 Å². The molecule has 2 N–H and O–H groups in total. The number of benzene rings is 1. The molecule has 0 heterocycles. The second-order valence-corrected chi connectivity index (χ2v) is 5.21. The lowest BCUT2D eigenvalue weighted by Crippen LogP contribution is -2.43. The van der Waals surface area contributed by atoms with Crippen LogP contribution in [0.5, 0.6) is 5.75 Å². The number of carbonyl (C=O) groups excluding carboxylic acids is 3. The molecule has 1 aromatic carbocycles. The number of urea groups is 1. The summed E-state index contributed by atoms with van der Waals surface area (Å²) in [6.45, 7) is 2.42. The summed E-state index contributed by atoms with van der Waals surface area (Å²) in [6.07, 6.45) is 0. The van der Waals surface area contributed by atoms with Gasteiger partial charge in [0.2, 0.25) is 0 Å². The first-order valence-corrected chi connectivity index (χ1v) is 6.76. The van der Waals surface area contributed by atoms with Gasteiger partial charge in [0.1, 0.15) is 5.75 Å². The van der Waals surface area contributed by atoms with Crippen LogP contribution in [0.1, 0.15) is 13.8 Å². The van der Waals surface area contributed by atoms with Crippen molar-refractivity contribution >= 4 is 29.5 Å². The second-order valence-electron chi connectivity index (χ2n) is 4.77. The van der Waals surface area contributed by atoms with Crippen molar-refractivity contribution in [2.75, 3.05) is 13.7 Å². The molecule has 0 bridgehead atoms. The van der Waals surface area contributed by atoms with Crippen LogP contribution in [0, 0.1) is 0 Å². The summed E-state index contributed by atoms with van der Waals surface area (Å²) >= 11 is 5.76. The van der Waals surface area contributed by atoms with Crippen LogP contribution in [0.25, 0.3) is 0 Å². The Morgan fingerprint density at radius 1 is 1.18 bits per heavy atom. The molecule has 0 spiro atoms. The molecule has 0 aromatic heterocycles. The van der Waals surface area contributed by atoms with E-state index in [4.69, 9.17) is 21.1 Å². The highest BCUT2D eigenvalue weighted by atomic mass is 35.5. The number of imide groups is 1. The highest BCUT2D eigenvalue weighted by Gasteiger charge is 2.32. The standard InChI is InChI=1S/C14H17ClN2O5/c1-14(2,22-10-6-4-9(15)5-7-10)12(19)21-8-11(18)17-13(20)16-3/h4-7H,8H2,1-3H3,(H2,16,17,18,20). The summed E-state index contributed by atoms with van der Waals surface area (Å²) < 4.78 is 10.3. The molecule has 1 aromatic rings. The first-order valence-electron chi connectivity index (χ1n) is 6.38. The third kappa shape index (κ3) is 5.61. The van der Waals surface area contributed by atoms with E-state index in [0.29, 0.717) is 10.8 Å². The summed E-state index contributed by atoms with van der Waals surface area (Å²) in [5.74, 6) is -1.05. The van der Waals surface area contributed by atoms with E-state index in [0.717, 1.165) is 0 Å². The van der Waals surface area contributed by atoms with Crippen molar-refractivity contribution in [1.82, 2.24) is 10.6 Å². The van der Waals surface area contributed by atoms with E-state index in [1.165, 1.54) is 20.9 Å². The van der Waals surface area contributed by atoms with Crippen molar-refractivity contribution in [2.24, 2.45) is 0 Å². The van der Waals surface area contributed by atoms with Gasteiger partial charge in [-0.1, -0.05) is 11.6 Å². The molecule has 0 unspecified atom stereocenters. The lowest BCUT2D eigenvalue weighted by molar-refractivity contribution is -0.161. The lowest BCUT2D eigenvalue weighted by atomic mass is 10.1. The number of nitrogens with one attached hydrogen (secondary N) is 2. The fraction of sp³-hybridized carbons (Fsp3) is 0.357. The van der Waals surface area contributed by atoms with Gasteiger partial charge in [0.05, 0.1) is 0 Å². The summed E-state index contributed by atoms with van der Waals surface area (Å²) in [4.78, 5) is 34.2. The van der Waals surface area contributed by atoms with Crippen molar-refractivity contribution < 1.29 is 23.9 Å². The maximum Gasteiger partial charge on any atom is 0.350 e. The van der Waals surface area contributed by atoms with E-state index in [1.807, 2.05) is 5.32 Å². The van der Waals surface area contributed by atoms with Gasteiger partial charge in [0.25, 0.3) is 5.91 Å². The monoisotopic (exact) mass is 328 g/mol. The van der Waals surface area contributed by atoms with Gasteiger partial charge in [-0.15, -0.1) is 0 Å². The second kappa shape index (κ2) is 7.65. The number of hydrogen-bond acceptors (Lipinski definition) is 5. The Balaban J connectivity index is 2.53. The topological polar surface area (TPSA) is 93.7 Å². The minimum atomic E-state index is -1.30. The quantitative estimate of drug-likeness (QED) is 0.799. The highest BCUT2D eigenvalue weighted by molar-refractivity contribution is 6.30. The van der Waals surface area contributed by atoms with Crippen molar-refractivity contribution in [1.29, 1.82) is 0 Å². The average Bonchev–Trinajstić information content (AvgIpc) is 2.46. The summed E-state index contributed by atoms with van der Waals surface area (Å²) in [5, 5.41) is 4.72. The van der Waals surface area contributed by atoms with Crippen LogP contribution in [-0.4, -0.2) is 37.2 Å². The van der Waals surface area contributed by atoms with Crippen molar-refractivity contribution in [3.8, 4) is 5.75 Å². The molecule has 0 saturated carbocycles. The molecular formula is C14H17ClN2O5. The molecule has 0 fully saturated rings. The van der Waals surface area contributed by atoms with Gasteiger partial charge in [-0.05, 0) is 38.1 Å². The first-order chi connectivity index (χ1) is 10.2. The van der Waals surface area contributed by atoms with Crippen LogP contribution in [0.15, 0.2) is 24.3 Å². The zero-order valence-corrected chi connectivity index (χ0v) is 13.2. The van der Waals surface area contributed by atoms with Crippen LogP contribution in [-0.2, 0) is 14.3 Å². The molecule has 0 saturated heterocycles. The predicted octanol–water partition coefficient (Wildman–Crippen LogP) is 1.50. The number of ether oxygens (including phenoxy) is 2. The van der Waals surface area contributed by atoms with Gasteiger partial charge >= 0.3 is 12.0 Å². The number of halogens is 1. The van der Waals surface area contributed by atoms with Crippen molar-refractivity contribution in [3.63, 3.8) is 0 Å². The minimum absolute atomic E-state index is 0.432. The maximum atomic E-state index is 11.9. The number of carbonyl (C=O) groups is 3.